The number of aromatic nitrogens is 1. The molecule has 0 bridgehead atoms. The van der Waals surface area contributed by atoms with Crippen molar-refractivity contribution in [2.75, 3.05) is 31.2 Å². The molecule has 0 amide bonds. The lowest BCUT2D eigenvalue weighted by atomic mass is 9.78. The highest BCUT2D eigenvalue weighted by Gasteiger charge is 2.53. The number of ether oxygens (including phenoxy) is 1. The minimum atomic E-state index is -0.418. The predicted molar refractivity (Wildman–Crippen MR) is 117 cm³/mol. The normalized spacial score (nSPS) is 24.4. The molecule has 7 heteroatoms. The molecule has 1 atom stereocenters. The van der Waals surface area contributed by atoms with Gasteiger partial charge in [-0.2, -0.15) is 0 Å². The molecule has 0 spiro atoms. The summed E-state index contributed by atoms with van der Waals surface area (Å²) in [4.78, 5) is 15.0. The van der Waals surface area contributed by atoms with Crippen LogP contribution in [0.25, 0.3) is 10.9 Å². The minimum Gasteiger partial charge on any atom is -0.399 e. The lowest BCUT2D eigenvalue weighted by molar-refractivity contribution is -0.0118. The standard InChI is InChI=1S/C22H31BN2O4/c1-6-22(5)21(3,4)28-23(29-22)16-8-9-18-17(14-16)19(15-20(26)25(18)7-2)24-10-12-27-13-11-24/h8-9,14-15H,6-7,10-13H2,1-5H3. The minimum absolute atomic E-state index is 0.0299. The second kappa shape index (κ2) is 7.45. The Bertz CT molecular complexity index is 967. The van der Waals surface area contributed by atoms with Crippen LogP contribution in [-0.2, 0) is 20.6 Å². The molecule has 2 saturated heterocycles. The van der Waals surface area contributed by atoms with Crippen LogP contribution in [0, 0.1) is 0 Å². The van der Waals surface area contributed by atoms with Gasteiger partial charge in [0.05, 0.1) is 35.6 Å². The number of hydrogen-bond acceptors (Lipinski definition) is 5. The highest BCUT2D eigenvalue weighted by Crippen LogP contribution is 2.39. The molecule has 4 rings (SSSR count). The van der Waals surface area contributed by atoms with Crippen LogP contribution in [0.5, 0.6) is 0 Å². The van der Waals surface area contributed by atoms with Crippen molar-refractivity contribution >= 4 is 29.2 Å². The van der Waals surface area contributed by atoms with Gasteiger partial charge < -0.3 is 23.5 Å². The molecule has 0 radical (unpaired) electrons. The van der Waals surface area contributed by atoms with Gasteiger partial charge in [-0.1, -0.05) is 19.1 Å². The summed E-state index contributed by atoms with van der Waals surface area (Å²) in [6.45, 7) is 14.0. The summed E-state index contributed by atoms with van der Waals surface area (Å²) in [5.74, 6) is 0. The van der Waals surface area contributed by atoms with E-state index in [-0.39, 0.29) is 16.8 Å². The van der Waals surface area contributed by atoms with E-state index >= 15 is 0 Å². The number of aryl methyl sites for hydroxylation is 1. The lowest BCUT2D eigenvalue weighted by Crippen LogP contribution is -2.44. The van der Waals surface area contributed by atoms with Crippen LogP contribution >= 0.6 is 0 Å². The van der Waals surface area contributed by atoms with Crippen molar-refractivity contribution in [1.29, 1.82) is 0 Å². The van der Waals surface area contributed by atoms with E-state index < -0.39 is 7.12 Å². The van der Waals surface area contributed by atoms with Crippen LogP contribution in [0.2, 0.25) is 0 Å². The smallest absolute Gasteiger partial charge is 0.399 e. The van der Waals surface area contributed by atoms with Gasteiger partial charge in [-0.3, -0.25) is 4.79 Å². The summed E-state index contributed by atoms with van der Waals surface area (Å²) in [7, 11) is -0.418. The van der Waals surface area contributed by atoms with Crippen molar-refractivity contribution in [2.45, 2.75) is 58.8 Å². The van der Waals surface area contributed by atoms with E-state index in [9.17, 15) is 4.79 Å². The Morgan fingerprint density at radius 2 is 1.79 bits per heavy atom. The number of hydrogen-bond donors (Lipinski definition) is 0. The second-order valence-corrected chi connectivity index (χ2v) is 8.65. The largest absolute Gasteiger partial charge is 0.494 e. The third-order valence-electron chi connectivity index (χ3n) is 6.77. The zero-order valence-corrected chi connectivity index (χ0v) is 18.2. The van der Waals surface area contributed by atoms with Crippen LogP contribution in [-0.4, -0.2) is 49.2 Å². The van der Waals surface area contributed by atoms with Gasteiger partial charge in [0.25, 0.3) is 5.56 Å². The zero-order chi connectivity index (χ0) is 20.8. The molecule has 2 aliphatic heterocycles. The first-order valence-corrected chi connectivity index (χ1v) is 10.7. The Balaban J connectivity index is 1.82. The Labute approximate surface area is 172 Å². The molecular weight excluding hydrogens is 367 g/mol. The summed E-state index contributed by atoms with van der Waals surface area (Å²) in [6, 6.07) is 7.95. The highest BCUT2D eigenvalue weighted by atomic mass is 16.7. The maximum atomic E-state index is 12.7. The van der Waals surface area contributed by atoms with Crippen LogP contribution < -0.4 is 15.9 Å². The number of benzene rings is 1. The van der Waals surface area contributed by atoms with Crippen LogP contribution in [0.4, 0.5) is 5.69 Å². The molecule has 1 aromatic carbocycles. The molecule has 0 N–H and O–H groups in total. The number of fused-ring (bicyclic) bond motifs is 1. The van der Waals surface area contributed by atoms with Crippen LogP contribution in [0.15, 0.2) is 29.1 Å². The fraction of sp³-hybridized carbons (Fsp3) is 0.591. The summed E-state index contributed by atoms with van der Waals surface area (Å²) >= 11 is 0. The molecule has 2 aliphatic rings. The first-order valence-electron chi connectivity index (χ1n) is 10.7. The van der Waals surface area contributed by atoms with Gasteiger partial charge in [0.15, 0.2) is 0 Å². The summed E-state index contributed by atoms with van der Waals surface area (Å²) in [6.07, 6.45) is 0.873. The third-order valence-corrected chi connectivity index (χ3v) is 6.77. The predicted octanol–water partition coefficient (Wildman–Crippen LogP) is 2.55. The topological polar surface area (TPSA) is 52.9 Å². The van der Waals surface area contributed by atoms with E-state index in [0.29, 0.717) is 19.8 Å². The summed E-state index contributed by atoms with van der Waals surface area (Å²) < 4.78 is 20.0. The first kappa shape index (κ1) is 20.4. The van der Waals surface area contributed by atoms with Crippen molar-refractivity contribution in [3.8, 4) is 0 Å². The maximum Gasteiger partial charge on any atom is 0.494 e. The molecule has 156 valence electrons. The number of anilines is 1. The molecule has 2 aromatic rings. The van der Waals surface area contributed by atoms with Crippen LogP contribution in [0.1, 0.15) is 41.0 Å². The first-order chi connectivity index (χ1) is 13.8. The molecule has 1 aromatic heterocycles. The van der Waals surface area contributed by atoms with Crippen molar-refractivity contribution < 1.29 is 14.0 Å². The molecule has 2 fully saturated rings. The van der Waals surface area contributed by atoms with Gasteiger partial charge in [-0.05, 0) is 45.6 Å². The Morgan fingerprint density at radius 3 is 2.41 bits per heavy atom. The van der Waals surface area contributed by atoms with Gasteiger partial charge in [0, 0.05) is 31.1 Å². The van der Waals surface area contributed by atoms with Gasteiger partial charge in [0.1, 0.15) is 0 Å². The third kappa shape index (κ3) is 3.39. The van der Waals surface area contributed by atoms with E-state index in [4.69, 9.17) is 14.0 Å². The number of rotatable bonds is 4. The van der Waals surface area contributed by atoms with E-state index in [1.54, 1.807) is 6.07 Å². The van der Waals surface area contributed by atoms with Crippen molar-refractivity contribution in [3.05, 3.63) is 34.6 Å². The molecule has 0 saturated carbocycles. The van der Waals surface area contributed by atoms with E-state index in [2.05, 4.69) is 38.7 Å². The van der Waals surface area contributed by atoms with E-state index in [0.717, 1.165) is 41.6 Å². The molecule has 6 nitrogen and oxygen atoms in total. The fourth-order valence-electron chi connectivity index (χ4n) is 4.36. The van der Waals surface area contributed by atoms with Gasteiger partial charge in [-0.25, -0.2) is 0 Å². The number of nitrogens with zero attached hydrogens (tertiary/aromatic N) is 2. The van der Waals surface area contributed by atoms with Gasteiger partial charge >= 0.3 is 7.12 Å². The van der Waals surface area contributed by atoms with Gasteiger partial charge in [-0.15, -0.1) is 0 Å². The van der Waals surface area contributed by atoms with Crippen molar-refractivity contribution in [1.82, 2.24) is 4.57 Å². The van der Waals surface area contributed by atoms with Crippen molar-refractivity contribution in [3.63, 3.8) is 0 Å². The average molecular weight is 398 g/mol. The average Bonchev–Trinajstić information content (AvgIpc) is 2.97. The molecular formula is C22H31BN2O4. The Morgan fingerprint density at radius 1 is 1.07 bits per heavy atom. The maximum absolute atomic E-state index is 12.7. The SMILES string of the molecule is CCn1c(=O)cc(N2CCOCC2)c2cc(B3OC(C)(C)C(C)(CC)O3)ccc21. The van der Waals surface area contributed by atoms with Crippen molar-refractivity contribution in [2.24, 2.45) is 0 Å². The van der Waals surface area contributed by atoms with Crippen LogP contribution in [0.3, 0.4) is 0 Å². The summed E-state index contributed by atoms with van der Waals surface area (Å²) in [5, 5.41) is 1.06. The fourth-order valence-corrected chi connectivity index (χ4v) is 4.36. The monoisotopic (exact) mass is 398 g/mol. The molecule has 29 heavy (non-hydrogen) atoms. The number of pyridine rings is 1. The molecule has 1 unspecified atom stereocenters. The zero-order valence-electron chi connectivity index (χ0n) is 18.2. The second-order valence-electron chi connectivity index (χ2n) is 8.65. The lowest BCUT2D eigenvalue weighted by Gasteiger charge is -2.35. The van der Waals surface area contributed by atoms with Gasteiger partial charge in [0.2, 0.25) is 0 Å². The van der Waals surface area contributed by atoms with E-state index in [1.807, 2.05) is 23.6 Å². The Hall–Kier alpha value is -1.83. The molecule has 0 aliphatic carbocycles. The molecule has 3 heterocycles. The summed E-state index contributed by atoms with van der Waals surface area (Å²) in [5.41, 5.74) is 2.20. The number of morpholine rings is 1. The Kier molecular flexibility index (Phi) is 5.26. The highest BCUT2D eigenvalue weighted by molar-refractivity contribution is 6.62. The van der Waals surface area contributed by atoms with E-state index in [1.165, 1.54) is 0 Å². The quantitative estimate of drug-likeness (QED) is 0.741.